The number of nitrogens with zero attached hydrogens (tertiary/aromatic N) is 1. The van der Waals surface area contributed by atoms with Crippen LogP contribution in [-0.2, 0) is 6.42 Å². The van der Waals surface area contributed by atoms with Gasteiger partial charge in [0, 0.05) is 28.3 Å². The van der Waals surface area contributed by atoms with Crippen LogP contribution in [0, 0.1) is 24.3 Å². The molecule has 5 heteroatoms. The second-order valence-corrected chi connectivity index (χ2v) is 4.91. The first-order valence-electron chi connectivity index (χ1n) is 5.48. The highest BCUT2D eigenvalue weighted by Gasteiger charge is 2.10. The Morgan fingerprint density at radius 2 is 2.11 bits per heavy atom. The lowest BCUT2D eigenvalue weighted by molar-refractivity contribution is 0.612. The van der Waals surface area contributed by atoms with Crippen molar-refractivity contribution in [3.8, 4) is 0 Å². The molecule has 0 radical (unpaired) electrons. The lowest BCUT2D eigenvalue weighted by atomic mass is 10.1. The van der Waals surface area contributed by atoms with Gasteiger partial charge >= 0.3 is 0 Å². The molecule has 0 aliphatic heterocycles. The molecule has 0 aliphatic rings. The average molecular weight is 283 g/mol. The molecule has 2 aromatic rings. The van der Waals surface area contributed by atoms with Gasteiger partial charge in [-0.1, -0.05) is 29.9 Å². The molecule has 0 atom stereocenters. The summed E-state index contributed by atoms with van der Waals surface area (Å²) in [5.41, 5.74) is 2.31. The van der Waals surface area contributed by atoms with Gasteiger partial charge in [-0.3, -0.25) is 0 Å². The SMILES string of the molecule is Cc1[nH]c(Cc2c(F)cccc2Cl)nc(=S)c1C. The molecule has 1 aromatic carbocycles. The maximum atomic E-state index is 13.7. The summed E-state index contributed by atoms with van der Waals surface area (Å²) in [6.45, 7) is 3.82. The molecule has 0 fully saturated rings. The van der Waals surface area contributed by atoms with Crippen LogP contribution in [0.4, 0.5) is 4.39 Å². The maximum Gasteiger partial charge on any atom is 0.132 e. The molecule has 94 valence electrons. The molecule has 1 aromatic heterocycles. The lowest BCUT2D eigenvalue weighted by Crippen LogP contribution is -2.03. The number of hydrogen-bond donors (Lipinski definition) is 1. The highest BCUT2D eigenvalue weighted by atomic mass is 35.5. The summed E-state index contributed by atoms with van der Waals surface area (Å²) in [5, 5.41) is 0.398. The Balaban J connectivity index is 2.44. The van der Waals surface area contributed by atoms with E-state index in [0.29, 0.717) is 27.5 Å². The fraction of sp³-hybridized carbons (Fsp3) is 0.231. The number of aryl methyl sites for hydroxylation is 1. The van der Waals surface area contributed by atoms with E-state index < -0.39 is 0 Å². The standard InChI is InChI=1S/C13H12ClFN2S/c1-7-8(2)16-12(17-13(7)18)6-9-10(14)4-3-5-11(9)15/h3-5H,6H2,1-2H3,(H,16,17,18). The van der Waals surface area contributed by atoms with Crippen LogP contribution in [0.5, 0.6) is 0 Å². The molecule has 2 nitrogen and oxygen atoms in total. The lowest BCUT2D eigenvalue weighted by Gasteiger charge is -2.08. The molecule has 0 saturated heterocycles. The molecule has 0 unspecified atom stereocenters. The van der Waals surface area contributed by atoms with Crippen molar-refractivity contribution in [2.24, 2.45) is 0 Å². The molecular formula is C13H12ClFN2S. The van der Waals surface area contributed by atoms with Crippen molar-refractivity contribution in [2.45, 2.75) is 20.3 Å². The number of rotatable bonds is 2. The van der Waals surface area contributed by atoms with Gasteiger partial charge in [-0.05, 0) is 26.0 Å². The van der Waals surface area contributed by atoms with Crippen molar-refractivity contribution in [1.29, 1.82) is 0 Å². The van der Waals surface area contributed by atoms with Crippen LogP contribution >= 0.6 is 23.8 Å². The highest BCUT2D eigenvalue weighted by Crippen LogP contribution is 2.21. The second-order valence-electron chi connectivity index (χ2n) is 4.12. The number of halogens is 2. The van der Waals surface area contributed by atoms with Gasteiger partial charge in [0.1, 0.15) is 16.3 Å². The van der Waals surface area contributed by atoms with E-state index in [4.69, 9.17) is 23.8 Å². The summed E-state index contributed by atoms with van der Waals surface area (Å²) in [6.07, 6.45) is 0.302. The van der Waals surface area contributed by atoms with E-state index >= 15 is 0 Å². The van der Waals surface area contributed by atoms with Crippen molar-refractivity contribution in [3.05, 3.63) is 56.3 Å². The number of H-pyrrole nitrogens is 1. The number of hydrogen-bond acceptors (Lipinski definition) is 2. The topological polar surface area (TPSA) is 28.7 Å². The van der Waals surface area contributed by atoms with Crippen LogP contribution in [-0.4, -0.2) is 9.97 Å². The van der Waals surface area contributed by atoms with Gasteiger partial charge in [-0.2, -0.15) is 0 Å². The van der Waals surface area contributed by atoms with Gasteiger partial charge in [-0.25, -0.2) is 9.37 Å². The third-order valence-corrected chi connectivity index (χ3v) is 3.61. The van der Waals surface area contributed by atoms with Crippen molar-refractivity contribution < 1.29 is 4.39 Å². The molecule has 0 spiro atoms. The van der Waals surface area contributed by atoms with Crippen molar-refractivity contribution in [1.82, 2.24) is 9.97 Å². The molecule has 0 saturated carbocycles. The fourth-order valence-corrected chi connectivity index (χ4v) is 2.15. The first kappa shape index (κ1) is 13.2. The summed E-state index contributed by atoms with van der Waals surface area (Å²) in [7, 11) is 0. The zero-order valence-electron chi connectivity index (χ0n) is 10.1. The van der Waals surface area contributed by atoms with Crippen LogP contribution in [0.15, 0.2) is 18.2 Å². The number of nitrogens with one attached hydrogen (secondary N) is 1. The van der Waals surface area contributed by atoms with Crippen LogP contribution in [0.1, 0.15) is 22.6 Å². The smallest absolute Gasteiger partial charge is 0.132 e. The zero-order chi connectivity index (χ0) is 13.3. The summed E-state index contributed by atoms with van der Waals surface area (Å²) in [5.74, 6) is 0.289. The van der Waals surface area contributed by atoms with Gasteiger partial charge in [0.25, 0.3) is 0 Å². The van der Waals surface area contributed by atoms with E-state index in [2.05, 4.69) is 9.97 Å². The minimum Gasteiger partial charge on any atom is -0.347 e. The van der Waals surface area contributed by atoms with Gasteiger partial charge < -0.3 is 4.98 Å². The summed E-state index contributed by atoms with van der Waals surface area (Å²) >= 11 is 11.1. The normalized spacial score (nSPS) is 10.7. The number of aromatic amines is 1. The van der Waals surface area contributed by atoms with Crippen molar-refractivity contribution >= 4 is 23.8 Å². The third kappa shape index (κ3) is 2.60. The van der Waals surface area contributed by atoms with E-state index in [1.165, 1.54) is 6.07 Å². The molecule has 1 heterocycles. The highest BCUT2D eigenvalue weighted by molar-refractivity contribution is 7.71. The maximum absolute atomic E-state index is 13.7. The Labute approximate surface area is 115 Å². The van der Waals surface area contributed by atoms with E-state index in [0.717, 1.165) is 11.3 Å². The second kappa shape index (κ2) is 5.16. The van der Waals surface area contributed by atoms with Crippen LogP contribution in [0.3, 0.4) is 0 Å². The Hall–Kier alpha value is -1.26. The van der Waals surface area contributed by atoms with Crippen molar-refractivity contribution in [2.75, 3.05) is 0 Å². The predicted octanol–water partition coefficient (Wildman–Crippen LogP) is 4.14. The van der Waals surface area contributed by atoms with Gasteiger partial charge in [-0.15, -0.1) is 0 Å². The van der Waals surface area contributed by atoms with Gasteiger partial charge in [0.2, 0.25) is 0 Å². The minimum absolute atomic E-state index is 0.302. The van der Waals surface area contributed by atoms with Gasteiger partial charge in [0.15, 0.2) is 0 Å². The Morgan fingerprint density at radius 3 is 2.72 bits per heavy atom. The Kier molecular flexibility index (Phi) is 3.78. The quantitative estimate of drug-likeness (QED) is 0.839. The minimum atomic E-state index is -0.332. The van der Waals surface area contributed by atoms with Crippen LogP contribution in [0.25, 0.3) is 0 Å². The molecular weight excluding hydrogens is 271 g/mol. The predicted molar refractivity (Wildman–Crippen MR) is 73.1 cm³/mol. The number of benzene rings is 1. The van der Waals surface area contributed by atoms with E-state index in [1.54, 1.807) is 12.1 Å². The molecule has 0 aliphatic carbocycles. The molecule has 1 N–H and O–H groups in total. The van der Waals surface area contributed by atoms with E-state index in [-0.39, 0.29) is 5.82 Å². The van der Waals surface area contributed by atoms with Gasteiger partial charge in [0.05, 0.1) is 0 Å². The number of aromatic nitrogens is 2. The first-order valence-corrected chi connectivity index (χ1v) is 6.27. The van der Waals surface area contributed by atoms with Crippen molar-refractivity contribution in [3.63, 3.8) is 0 Å². The van der Waals surface area contributed by atoms with Crippen LogP contribution < -0.4 is 0 Å². The first-order chi connectivity index (χ1) is 8.49. The van der Waals surface area contributed by atoms with E-state index in [1.807, 2.05) is 13.8 Å². The zero-order valence-corrected chi connectivity index (χ0v) is 11.6. The monoisotopic (exact) mass is 282 g/mol. The summed E-state index contributed by atoms with van der Waals surface area (Å²) in [6, 6.07) is 4.63. The van der Waals surface area contributed by atoms with E-state index in [9.17, 15) is 4.39 Å². The molecule has 0 bridgehead atoms. The molecule has 2 rings (SSSR count). The third-order valence-electron chi connectivity index (χ3n) is 2.86. The average Bonchev–Trinajstić information content (AvgIpc) is 2.31. The van der Waals surface area contributed by atoms with Crippen LogP contribution in [0.2, 0.25) is 5.02 Å². The molecule has 0 amide bonds. The summed E-state index contributed by atoms with van der Waals surface area (Å²) < 4.78 is 14.2. The Bertz CT molecular complexity index is 632. The Morgan fingerprint density at radius 1 is 1.39 bits per heavy atom. The summed E-state index contributed by atoms with van der Waals surface area (Å²) in [4.78, 5) is 7.36. The fourth-order valence-electron chi connectivity index (χ4n) is 1.66. The molecule has 18 heavy (non-hydrogen) atoms. The largest absolute Gasteiger partial charge is 0.347 e.